The van der Waals surface area contributed by atoms with Gasteiger partial charge in [-0.1, -0.05) is 0 Å². The van der Waals surface area contributed by atoms with E-state index in [2.05, 4.69) is 10.3 Å². The van der Waals surface area contributed by atoms with Crippen LogP contribution in [0.1, 0.15) is 26.2 Å². The number of amides is 1. The molecule has 1 aromatic heterocycles. The third kappa shape index (κ3) is 6.38. The number of nitrogens with one attached hydrogen (secondary N) is 1. The van der Waals surface area contributed by atoms with Crippen LogP contribution in [0.3, 0.4) is 0 Å². The van der Waals surface area contributed by atoms with Gasteiger partial charge in [0, 0.05) is 24.0 Å². The standard InChI is InChI=1S/C20H24FN3O3S/c1-2-27-19(26)9-10-24(11-14-3-4-14)12-18(25)23-20-22-17(13-28-20)15-5-7-16(21)8-6-15/h5-8,13-14H,2-4,9-12H2,1H3,(H,22,23,25). The fraction of sp³-hybridized carbons (Fsp3) is 0.450. The number of thiazole rings is 1. The summed E-state index contributed by atoms with van der Waals surface area (Å²) in [6.45, 7) is 3.66. The van der Waals surface area contributed by atoms with Crippen molar-refractivity contribution in [2.24, 2.45) is 5.92 Å². The van der Waals surface area contributed by atoms with E-state index in [0.29, 0.717) is 29.9 Å². The molecule has 1 aromatic carbocycles. The number of esters is 1. The SMILES string of the molecule is CCOC(=O)CCN(CC(=O)Nc1nc(-c2ccc(F)cc2)cs1)CC1CC1. The van der Waals surface area contributed by atoms with E-state index < -0.39 is 0 Å². The van der Waals surface area contributed by atoms with E-state index in [0.717, 1.165) is 12.1 Å². The van der Waals surface area contributed by atoms with Crippen molar-refractivity contribution in [3.8, 4) is 11.3 Å². The molecule has 28 heavy (non-hydrogen) atoms. The average Bonchev–Trinajstić information content (AvgIpc) is 3.36. The zero-order valence-corrected chi connectivity index (χ0v) is 16.6. The number of ether oxygens (including phenoxy) is 1. The van der Waals surface area contributed by atoms with Crippen LogP contribution >= 0.6 is 11.3 Å². The first kappa shape index (κ1) is 20.4. The third-order valence-corrected chi connectivity index (χ3v) is 5.17. The number of nitrogens with zero attached hydrogens (tertiary/aromatic N) is 2. The van der Waals surface area contributed by atoms with Crippen molar-refractivity contribution in [3.05, 3.63) is 35.5 Å². The summed E-state index contributed by atoms with van der Waals surface area (Å²) in [5, 5.41) is 5.14. The summed E-state index contributed by atoms with van der Waals surface area (Å²) in [5.41, 5.74) is 1.49. The maximum Gasteiger partial charge on any atom is 0.307 e. The van der Waals surface area contributed by atoms with Gasteiger partial charge in [0.1, 0.15) is 5.82 Å². The highest BCUT2D eigenvalue weighted by molar-refractivity contribution is 7.14. The highest BCUT2D eigenvalue weighted by atomic mass is 32.1. The second kappa shape index (κ2) is 9.75. The summed E-state index contributed by atoms with van der Waals surface area (Å²) >= 11 is 1.33. The van der Waals surface area contributed by atoms with Gasteiger partial charge in [-0.3, -0.25) is 14.5 Å². The van der Waals surface area contributed by atoms with Crippen molar-refractivity contribution in [2.45, 2.75) is 26.2 Å². The molecule has 1 fully saturated rings. The van der Waals surface area contributed by atoms with E-state index in [1.807, 2.05) is 10.3 Å². The average molecular weight is 405 g/mol. The molecule has 0 radical (unpaired) electrons. The molecular formula is C20H24FN3O3S. The second-order valence-electron chi connectivity index (χ2n) is 6.83. The van der Waals surface area contributed by atoms with Gasteiger partial charge in [-0.15, -0.1) is 11.3 Å². The molecule has 1 aliphatic carbocycles. The highest BCUT2D eigenvalue weighted by Gasteiger charge is 2.25. The zero-order valence-electron chi connectivity index (χ0n) is 15.8. The van der Waals surface area contributed by atoms with E-state index in [1.165, 1.54) is 36.3 Å². The molecule has 3 rings (SSSR count). The lowest BCUT2D eigenvalue weighted by Gasteiger charge is -2.20. The van der Waals surface area contributed by atoms with Crippen LogP contribution < -0.4 is 5.32 Å². The summed E-state index contributed by atoms with van der Waals surface area (Å²) < 4.78 is 18.0. The van der Waals surface area contributed by atoms with Crippen molar-refractivity contribution in [1.29, 1.82) is 0 Å². The Bertz CT molecular complexity index is 805. The monoisotopic (exact) mass is 405 g/mol. The van der Waals surface area contributed by atoms with E-state index in [1.54, 1.807) is 19.1 Å². The lowest BCUT2D eigenvalue weighted by atomic mass is 10.2. The number of benzene rings is 1. The number of carbonyl (C=O) groups is 2. The van der Waals surface area contributed by atoms with Crippen LogP contribution in [-0.4, -0.2) is 48.0 Å². The van der Waals surface area contributed by atoms with Gasteiger partial charge in [0.2, 0.25) is 5.91 Å². The van der Waals surface area contributed by atoms with Gasteiger partial charge in [-0.2, -0.15) is 0 Å². The van der Waals surface area contributed by atoms with Crippen LogP contribution in [-0.2, 0) is 14.3 Å². The second-order valence-corrected chi connectivity index (χ2v) is 7.68. The number of halogens is 1. The normalized spacial score (nSPS) is 13.5. The van der Waals surface area contributed by atoms with E-state index in [-0.39, 0.29) is 30.7 Å². The Labute approximate surface area is 167 Å². The number of rotatable bonds is 10. The number of carbonyl (C=O) groups excluding carboxylic acids is 2. The van der Waals surface area contributed by atoms with Gasteiger partial charge in [0.15, 0.2) is 5.13 Å². The molecule has 1 saturated carbocycles. The van der Waals surface area contributed by atoms with Crippen molar-refractivity contribution >= 4 is 28.3 Å². The molecule has 1 heterocycles. The van der Waals surface area contributed by atoms with Gasteiger partial charge < -0.3 is 10.1 Å². The smallest absolute Gasteiger partial charge is 0.307 e. The van der Waals surface area contributed by atoms with Crippen LogP contribution in [0.15, 0.2) is 29.6 Å². The van der Waals surface area contributed by atoms with Crippen LogP contribution in [0.2, 0.25) is 0 Å². The van der Waals surface area contributed by atoms with Gasteiger partial charge in [-0.25, -0.2) is 9.37 Å². The Morgan fingerprint density at radius 2 is 2.07 bits per heavy atom. The van der Waals surface area contributed by atoms with Crippen LogP contribution in [0, 0.1) is 11.7 Å². The van der Waals surface area contributed by atoms with Gasteiger partial charge in [0.25, 0.3) is 0 Å². The summed E-state index contributed by atoms with van der Waals surface area (Å²) in [5.74, 6) is -0.0944. The van der Waals surface area contributed by atoms with E-state index >= 15 is 0 Å². The number of hydrogen-bond donors (Lipinski definition) is 1. The molecule has 0 unspecified atom stereocenters. The topological polar surface area (TPSA) is 71.5 Å². The molecular weight excluding hydrogens is 381 g/mol. The molecule has 0 atom stereocenters. The third-order valence-electron chi connectivity index (χ3n) is 4.41. The Morgan fingerprint density at radius 3 is 2.75 bits per heavy atom. The van der Waals surface area contributed by atoms with Crippen LogP contribution in [0.25, 0.3) is 11.3 Å². The molecule has 2 aromatic rings. The highest BCUT2D eigenvalue weighted by Crippen LogP contribution is 2.30. The van der Waals surface area contributed by atoms with Crippen LogP contribution in [0.4, 0.5) is 9.52 Å². The minimum absolute atomic E-state index is 0.162. The van der Waals surface area contributed by atoms with Crippen molar-refractivity contribution in [2.75, 3.05) is 31.6 Å². The summed E-state index contributed by atoms with van der Waals surface area (Å²) in [7, 11) is 0. The molecule has 8 heteroatoms. The number of hydrogen-bond acceptors (Lipinski definition) is 6. The zero-order chi connectivity index (χ0) is 19.9. The molecule has 150 valence electrons. The first-order valence-electron chi connectivity index (χ1n) is 9.42. The number of anilines is 1. The Hall–Kier alpha value is -2.32. The van der Waals surface area contributed by atoms with Gasteiger partial charge >= 0.3 is 5.97 Å². The quantitative estimate of drug-likeness (QED) is 0.612. The molecule has 1 amide bonds. The molecule has 0 bridgehead atoms. The maximum absolute atomic E-state index is 13.0. The lowest BCUT2D eigenvalue weighted by Crippen LogP contribution is -2.36. The summed E-state index contributed by atoms with van der Waals surface area (Å²) in [6.07, 6.45) is 2.62. The minimum atomic E-state index is -0.300. The van der Waals surface area contributed by atoms with Crippen molar-refractivity contribution in [1.82, 2.24) is 9.88 Å². The lowest BCUT2D eigenvalue weighted by molar-refractivity contribution is -0.143. The van der Waals surface area contributed by atoms with Crippen LogP contribution in [0.5, 0.6) is 0 Å². The first-order chi connectivity index (χ1) is 13.5. The molecule has 1 aliphatic rings. The van der Waals surface area contributed by atoms with E-state index in [4.69, 9.17) is 4.74 Å². The minimum Gasteiger partial charge on any atom is -0.466 e. The molecule has 0 saturated heterocycles. The Kier molecular flexibility index (Phi) is 7.11. The molecule has 6 nitrogen and oxygen atoms in total. The summed E-state index contributed by atoms with van der Waals surface area (Å²) in [6, 6.07) is 6.07. The summed E-state index contributed by atoms with van der Waals surface area (Å²) in [4.78, 5) is 30.4. The number of aromatic nitrogens is 1. The largest absolute Gasteiger partial charge is 0.466 e. The van der Waals surface area contributed by atoms with Crippen molar-refractivity contribution in [3.63, 3.8) is 0 Å². The fourth-order valence-corrected chi connectivity index (χ4v) is 3.57. The van der Waals surface area contributed by atoms with Gasteiger partial charge in [0.05, 0.1) is 25.3 Å². The predicted octanol–water partition coefficient (Wildman–Crippen LogP) is 3.55. The Balaban J connectivity index is 1.53. The first-order valence-corrected chi connectivity index (χ1v) is 10.3. The van der Waals surface area contributed by atoms with E-state index in [9.17, 15) is 14.0 Å². The van der Waals surface area contributed by atoms with Crippen molar-refractivity contribution < 1.29 is 18.7 Å². The predicted molar refractivity (Wildman–Crippen MR) is 107 cm³/mol. The fourth-order valence-electron chi connectivity index (χ4n) is 2.83. The van der Waals surface area contributed by atoms with Gasteiger partial charge in [-0.05, 0) is 49.9 Å². The molecule has 1 N–H and O–H groups in total. The molecule has 0 spiro atoms. The maximum atomic E-state index is 13.0. The Morgan fingerprint density at radius 1 is 1.32 bits per heavy atom. The molecule has 0 aliphatic heterocycles.